The highest BCUT2D eigenvalue weighted by atomic mass is 15.1. The molecular weight excluding hydrogens is 256 g/mol. The first-order valence-electron chi connectivity index (χ1n) is 7.82. The maximum atomic E-state index is 6.01. The molecule has 2 nitrogen and oxygen atoms in total. The lowest BCUT2D eigenvalue weighted by Crippen LogP contribution is -2.29. The first-order chi connectivity index (χ1) is 10.1. The number of fused-ring (bicyclic) bond motifs is 1. The van der Waals surface area contributed by atoms with E-state index in [2.05, 4.69) is 61.2 Å². The summed E-state index contributed by atoms with van der Waals surface area (Å²) in [5, 5.41) is 0. The van der Waals surface area contributed by atoms with Crippen LogP contribution >= 0.6 is 0 Å². The Hall–Kier alpha value is -1.80. The molecule has 1 aliphatic rings. The van der Waals surface area contributed by atoms with Crippen molar-refractivity contribution >= 4 is 5.69 Å². The minimum atomic E-state index is 0.114. The Bertz CT molecular complexity index is 614. The molecule has 1 aliphatic heterocycles. The molecule has 0 radical (unpaired) electrons. The number of aryl methyl sites for hydroxylation is 2. The second-order valence-electron chi connectivity index (χ2n) is 6.19. The van der Waals surface area contributed by atoms with Crippen LogP contribution in [0.3, 0.4) is 0 Å². The van der Waals surface area contributed by atoms with E-state index in [1.54, 1.807) is 0 Å². The van der Waals surface area contributed by atoms with Crippen LogP contribution in [0.15, 0.2) is 42.5 Å². The SMILES string of the molecule is Cc1ccc(CN2CCCc3cc(C(C)N)ccc32)cc1. The van der Waals surface area contributed by atoms with Gasteiger partial charge in [0.25, 0.3) is 0 Å². The molecule has 0 fully saturated rings. The van der Waals surface area contributed by atoms with Gasteiger partial charge in [0.15, 0.2) is 0 Å². The van der Waals surface area contributed by atoms with E-state index in [0.717, 1.165) is 13.1 Å². The molecule has 0 aromatic heterocycles. The van der Waals surface area contributed by atoms with E-state index in [4.69, 9.17) is 5.73 Å². The van der Waals surface area contributed by atoms with Gasteiger partial charge in [-0.05, 0) is 49.4 Å². The average molecular weight is 280 g/mol. The third kappa shape index (κ3) is 3.11. The number of rotatable bonds is 3. The van der Waals surface area contributed by atoms with Crippen LogP contribution in [0.25, 0.3) is 0 Å². The van der Waals surface area contributed by atoms with Gasteiger partial charge in [-0.2, -0.15) is 0 Å². The summed E-state index contributed by atoms with van der Waals surface area (Å²) in [6.07, 6.45) is 2.39. The second-order valence-corrected chi connectivity index (χ2v) is 6.19. The molecule has 1 atom stereocenters. The fourth-order valence-electron chi connectivity index (χ4n) is 3.06. The molecule has 1 unspecified atom stereocenters. The molecule has 0 aliphatic carbocycles. The summed E-state index contributed by atoms with van der Waals surface area (Å²) in [6.45, 7) is 6.31. The summed E-state index contributed by atoms with van der Waals surface area (Å²) >= 11 is 0. The van der Waals surface area contributed by atoms with E-state index in [9.17, 15) is 0 Å². The first kappa shape index (κ1) is 14.2. The minimum Gasteiger partial charge on any atom is -0.367 e. The molecule has 0 amide bonds. The van der Waals surface area contributed by atoms with E-state index in [-0.39, 0.29) is 6.04 Å². The summed E-state index contributed by atoms with van der Waals surface area (Å²) in [7, 11) is 0. The third-order valence-corrected chi connectivity index (χ3v) is 4.34. The van der Waals surface area contributed by atoms with Crippen molar-refractivity contribution in [2.24, 2.45) is 5.73 Å². The largest absolute Gasteiger partial charge is 0.367 e. The number of nitrogens with two attached hydrogens (primary N) is 1. The van der Waals surface area contributed by atoms with Crippen molar-refractivity contribution in [1.29, 1.82) is 0 Å². The maximum Gasteiger partial charge on any atom is 0.0429 e. The quantitative estimate of drug-likeness (QED) is 0.922. The van der Waals surface area contributed by atoms with E-state index in [0.29, 0.717) is 0 Å². The van der Waals surface area contributed by atoms with Gasteiger partial charge in [0.2, 0.25) is 0 Å². The van der Waals surface area contributed by atoms with Crippen LogP contribution in [0.1, 0.15) is 41.6 Å². The monoisotopic (exact) mass is 280 g/mol. The molecule has 2 N–H and O–H groups in total. The van der Waals surface area contributed by atoms with Gasteiger partial charge in [-0.25, -0.2) is 0 Å². The zero-order valence-electron chi connectivity index (χ0n) is 13.0. The Balaban J connectivity index is 1.85. The summed E-state index contributed by atoms with van der Waals surface area (Å²) in [5.41, 5.74) is 12.8. The number of nitrogens with zero attached hydrogens (tertiary/aromatic N) is 1. The summed E-state index contributed by atoms with van der Waals surface area (Å²) < 4.78 is 0. The highest BCUT2D eigenvalue weighted by molar-refractivity contribution is 5.57. The molecule has 2 aromatic rings. The van der Waals surface area contributed by atoms with Gasteiger partial charge in [-0.3, -0.25) is 0 Å². The van der Waals surface area contributed by atoms with Crippen LogP contribution in [-0.2, 0) is 13.0 Å². The smallest absolute Gasteiger partial charge is 0.0429 e. The Labute approximate surface area is 127 Å². The van der Waals surface area contributed by atoms with Gasteiger partial charge in [0, 0.05) is 24.8 Å². The zero-order chi connectivity index (χ0) is 14.8. The van der Waals surface area contributed by atoms with Crippen LogP contribution in [0.4, 0.5) is 5.69 Å². The van der Waals surface area contributed by atoms with E-state index < -0.39 is 0 Å². The molecular formula is C19H24N2. The highest BCUT2D eigenvalue weighted by Gasteiger charge is 2.17. The van der Waals surface area contributed by atoms with Crippen molar-refractivity contribution in [3.63, 3.8) is 0 Å². The molecule has 110 valence electrons. The van der Waals surface area contributed by atoms with Crippen molar-refractivity contribution in [1.82, 2.24) is 0 Å². The van der Waals surface area contributed by atoms with Gasteiger partial charge in [-0.1, -0.05) is 42.0 Å². The predicted molar refractivity (Wildman–Crippen MR) is 89.6 cm³/mol. The van der Waals surface area contributed by atoms with Crippen molar-refractivity contribution < 1.29 is 0 Å². The molecule has 0 saturated heterocycles. The second kappa shape index (κ2) is 5.90. The van der Waals surface area contributed by atoms with Crippen LogP contribution in [0.5, 0.6) is 0 Å². The normalized spacial score (nSPS) is 15.7. The van der Waals surface area contributed by atoms with Crippen molar-refractivity contribution in [2.45, 2.75) is 39.3 Å². The van der Waals surface area contributed by atoms with Gasteiger partial charge in [-0.15, -0.1) is 0 Å². The first-order valence-corrected chi connectivity index (χ1v) is 7.82. The van der Waals surface area contributed by atoms with Gasteiger partial charge in [0.05, 0.1) is 0 Å². The van der Waals surface area contributed by atoms with E-state index >= 15 is 0 Å². The summed E-state index contributed by atoms with van der Waals surface area (Å²) in [6, 6.07) is 15.7. The number of anilines is 1. The maximum absolute atomic E-state index is 6.01. The highest BCUT2D eigenvalue weighted by Crippen LogP contribution is 2.30. The third-order valence-electron chi connectivity index (χ3n) is 4.34. The Morgan fingerprint density at radius 1 is 1.14 bits per heavy atom. The summed E-state index contributed by atoms with van der Waals surface area (Å²) in [4.78, 5) is 2.49. The molecule has 0 saturated carbocycles. The topological polar surface area (TPSA) is 29.3 Å². The lowest BCUT2D eigenvalue weighted by Gasteiger charge is -2.32. The molecule has 0 bridgehead atoms. The van der Waals surface area contributed by atoms with Crippen molar-refractivity contribution in [3.05, 3.63) is 64.7 Å². The van der Waals surface area contributed by atoms with Gasteiger partial charge < -0.3 is 10.6 Å². The Morgan fingerprint density at radius 2 is 1.90 bits per heavy atom. The fourth-order valence-corrected chi connectivity index (χ4v) is 3.06. The molecule has 1 heterocycles. The van der Waals surface area contributed by atoms with Gasteiger partial charge in [0.1, 0.15) is 0 Å². The average Bonchev–Trinajstić information content (AvgIpc) is 2.49. The molecule has 0 spiro atoms. The lowest BCUT2D eigenvalue weighted by molar-refractivity contribution is 0.688. The molecule has 3 rings (SSSR count). The number of hydrogen-bond acceptors (Lipinski definition) is 2. The number of benzene rings is 2. The zero-order valence-corrected chi connectivity index (χ0v) is 13.0. The van der Waals surface area contributed by atoms with Crippen LogP contribution in [0.2, 0.25) is 0 Å². The van der Waals surface area contributed by atoms with Crippen molar-refractivity contribution in [3.8, 4) is 0 Å². The minimum absolute atomic E-state index is 0.114. The Morgan fingerprint density at radius 3 is 2.62 bits per heavy atom. The number of hydrogen-bond donors (Lipinski definition) is 1. The summed E-state index contributed by atoms with van der Waals surface area (Å²) in [5.74, 6) is 0. The van der Waals surface area contributed by atoms with Gasteiger partial charge >= 0.3 is 0 Å². The lowest BCUT2D eigenvalue weighted by atomic mass is 9.96. The molecule has 2 aromatic carbocycles. The fraction of sp³-hybridized carbons (Fsp3) is 0.368. The predicted octanol–water partition coefficient (Wildman–Crippen LogP) is 3.97. The molecule has 21 heavy (non-hydrogen) atoms. The molecule has 2 heteroatoms. The van der Waals surface area contributed by atoms with Crippen LogP contribution in [0, 0.1) is 6.92 Å². The van der Waals surface area contributed by atoms with E-state index in [1.165, 1.54) is 40.8 Å². The Kier molecular flexibility index (Phi) is 3.98. The van der Waals surface area contributed by atoms with Crippen molar-refractivity contribution in [2.75, 3.05) is 11.4 Å². The van der Waals surface area contributed by atoms with Crippen LogP contribution < -0.4 is 10.6 Å². The van der Waals surface area contributed by atoms with Crippen LogP contribution in [-0.4, -0.2) is 6.54 Å². The standard InChI is InChI=1S/C19H24N2/c1-14-5-7-16(8-6-14)13-21-11-3-4-18-12-17(15(2)20)9-10-19(18)21/h5-10,12,15H,3-4,11,13,20H2,1-2H3. The van der Waals surface area contributed by atoms with E-state index in [1.807, 2.05) is 0 Å².